The van der Waals surface area contributed by atoms with E-state index in [1.165, 1.54) is 6.92 Å². The van der Waals surface area contributed by atoms with Crippen LogP contribution in [0.5, 0.6) is 5.75 Å². The SMILES string of the molecule is CCOC(=O)c1ccc(NC(=O)CCN(Cc2ccccc2OC)C(C)=O)cc1. The van der Waals surface area contributed by atoms with Crippen molar-refractivity contribution < 1.29 is 23.9 Å². The number of hydrogen-bond donors (Lipinski definition) is 1. The topological polar surface area (TPSA) is 84.9 Å². The fourth-order valence-electron chi connectivity index (χ4n) is 2.75. The van der Waals surface area contributed by atoms with Gasteiger partial charge in [-0.2, -0.15) is 0 Å². The molecule has 2 rings (SSSR count). The van der Waals surface area contributed by atoms with Gasteiger partial charge in [-0.15, -0.1) is 0 Å². The maximum absolute atomic E-state index is 12.3. The molecule has 0 spiro atoms. The van der Waals surface area contributed by atoms with E-state index < -0.39 is 5.97 Å². The van der Waals surface area contributed by atoms with Crippen LogP contribution in [0.4, 0.5) is 5.69 Å². The van der Waals surface area contributed by atoms with Crippen molar-refractivity contribution in [3.8, 4) is 5.75 Å². The van der Waals surface area contributed by atoms with Gasteiger partial charge in [0.05, 0.1) is 19.3 Å². The number of rotatable bonds is 9. The Kier molecular flexibility index (Phi) is 8.21. The molecule has 154 valence electrons. The van der Waals surface area contributed by atoms with Gasteiger partial charge in [0.2, 0.25) is 11.8 Å². The smallest absolute Gasteiger partial charge is 0.338 e. The first-order valence-corrected chi connectivity index (χ1v) is 9.39. The van der Waals surface area contributed by atoms with Gasteiger partial charge in [0, 0.05) is 37.7 Å². The molecule has 7 nitrogen and oxygen atoms in total. The highest BCUT2D eigenvalue weighted by atomic mass is 16.5. The Hall–Kier alpha value is -3.35. The molecule has 0 radical (unpaired) electrons. The lowest BCUT2D eigenvalue weighted by atomic mass is 10.1. The van der Waals surface area contributed by atoms with Crippen LogP contribution in [0.15, 0.2) is 48.5 Å². The van der Waals surface area contributed by atoms with E-state index in [4.69, 9.17) is 9.47 Å². The van der Waals surface area contributed by atoms with E-state index in [1.54, 1.807) is 43.2 Å². The Bertz CT molecular complexity index is 849. The number of methoxy groups -OCH3 is 1. The maximum Gasteiger partial charge on any atom is 0.338 e. The van der Waals surface area contributed by atoms with Gasteiger partial charge in [-0.1, -0.05) is 18.2 Å². The summed E-state index contributed by atoms with van der Waals surface area (Å²) in [6, 6.07) is 13.9. The number of benzene rings is 2. The zero-order valence-electron chi connectivity index (χ0n) is 16.9. The van der Waals surface area contributed by atoms with Crippen molar-refractivity contribution in [1.29, 1.82) is 0 Å². The number of hydrogen-bond acceptors (Lipinski definition) is 5. The highest BCUT2D eigenvalue weighted by Crippen LogP contribution is 2.19. The lowest BCUT2D eigenvalue weighted by Gasteiger charge is -2.22. The highest BCUT2D eigenvalue weighted by molar-refractivity contribution is 5.93. The Morgan fingerprint density at radius 2 is 1.72 bits per heavy atom. The van der Waals surface area contributed by atoms with Crippen LogP contribution < -0.4 is 10.1 Å². The van der Waals surface area contributed by atoms with Crippen LogP contribution >= 0.6 is 0 Å². The van der Waals surface area contributed by atoms with Gasteiger partial charge in [-0.3, -0.25) is 9.59 Å². The maximum atomic E-state index is 12.3. The predicted octanol–water partition coefficient (Wildman–Crippen LogP) is 3.25. The molecule has 0 aliphatic rings. The summed E-state index contributed by atoms with van der Waals surface area (Å²) in [6.07, 6.45) is 0.147. The number of carbonyl (C=O) groups is 3. The lowest BCUT2D eigenvalue weighted by Crippen LogP contribution is -2.31. The van der Waals surface area contributed by atoms with Gasteiger partial charge in [-0.25, -0.2) is 4.79 Å². The van der Waals surface area contributed by atoms with Crippen molar-refractivity contribution in [2.75, 3.05) is 25.6 Å². The van der Waals surface area contributed by atoms with E-state index in [1.807, 2.05) is 24.3 Å². The number of amides is 2. The zero-order valence-corrected chi connectivity index (χ0v) is 16.9. The van der Waals surface area contributed by atoms with Crippen molar-refractivity contribution in [1.82, 2.24) is 4.90 Å². The Balaban J connectivity index is 1.92. The summed E-state index contributed by atoms with van der Waals surface area (Å²) in [6.45, 7) is 4.16. The quantitative estimate of drug-likeness (QED) is 0.656. The fraction of sp³-hybridized carbons (Fsp3) is 0.318. The third-order valence-electron chi connectivity index (χ3n) is 4.29. The summed E-state index contributed by atoms with van der Waals surface area (Å²) < 4.78 is 10.3. The number of nitrogens with zero attached hydrogens (tertiary/aromatic N) is 1. The summed E-state index contributed by atoms with van der Waals surface area (Å²) in [5, 5.41) is 2.77. The minimum Gasteiger partial charge on any atom is -0.496 e. The minimum absolute atomic E-state index is 0.123. The number of carbonyl (C=O) groups excluding carboxylic acids is 3. The van der Waals surface area contributed by atoms with Crippen molar-refractivity contribution in [2.24, 2.45) is 0 Å². The van der Waals surface area contributed by atoms with Gasteiger partial charge in [-0.05, 0) is 37.3 Å². The number of anilines is 1. The standard InChI is InChI=1S/C22H26N2O5/c1-4-29-22(27)17-9-11-19(12-10-17)23-21(26)13-14-24(16(2)25)15-18-7-5-6-8-20(18)28-3/h5-12H,4,13-15H2,1-3H3,(H,23,26). The average Bonchev–Trinajstić information content (AvgIpc) is 2.71. The molecule has 7 heteroatoms. The normalized spacial score (nSPS) is 10.2. The third kappa shape index (κ3) is 6.64. The van der Waals surface area contributed by atoms with Crippen molar-refractivity contribution in [3.63, 3.8) is 0 Å². The first kappa shape index (κ1) is 21.9. The van der Waals surface area contributed by atoms with E-state index in [9.17, 15) is 14.4 Å². The third-order valence-corrected chi connectivity index (χ3v) is 4.29. The van der Waals surface area contributed by atoms with Crippen LogP contribution in [0.1, 0.15) is 36.2 Å². The minimum atomic E-state index is -0.404. The van der Waals surface area contributed by atoms with E-state index in [2.05, 4.69) is 5.32 Å². The van der Waals surface area contributed by atoms with E-state index in [0.717, 1.165) is 5.56 Å². The molecule has 29 heavy (non-hydrogen) atoms. The van der Waals surface area contributed by atoms with Crippen LogP contribution in [-0.2, 0) is 20.9 Å². The molecule has 0 atom stereocenters. The molecule has 2 aromatic rings. The van der Waals surface area contributed by atoms with Crippen molar-refractivity contribution in [3.05, 3.63) is 59.7 Å². The monoisotopic (exact) mass is 398 g/mol. The second-order valence-corrected chi connectivity index (χ2v) is 6.35. The van der Waals surface area contributed by atoms with Crippen molar-refractivity contribution in [2.45, 2.75) is 26.8 Å². The molecule has 0 heterocycles. The summed E-state index contributed by atoms with van der Waals surface area (Å²) >= 11 is 0. The van der Waals surface area contributed by atoms with Crippen molar-refractivity contribution >= 4 is 23.5 Å². The van der Waals surface area contributed by atoms with Crippen LogP contribution in [0.3, 0.4) is 0 Å². The van der Waals surface area contributed by atoms with E-state index in [-0.39, 0.29) is 24.8 Å². The van der Waals surface area contributed by atoms with E-state index in [0.29, 0.717) is 30.2 Å². The first-order chi connectivity index (χ1) is 13.9. The van der Waals surface area contributed by atoms with Crippen LogP contribution in [0.2, 0.25) is 0 Å². The molecular formula is C22H26N2O5. The Morgan fingerprint density at radius 3 is 2.34 bits per heavy atom. The highest BCUT2D eigenvalue weighted by Gasteiger charge is 2.14. The number of para-hydroxylation sites is 1. The second kappa shape index (κ2) is 10.8. The fourth-order valence-corrected chi connectivity index (χ4v) is 2.75. The molecule has 1 N–H and O–H groups in total. The first-order valence-electron chi connectivity index (χ1n) is 9.39. The summed E-state index contributed by atoms with van der Waals surface area (Å²) in [5.74, 6) is -0.0497. The molecule has 0 fully saturated rings. The molecule has 0 saturated carbocycles. The summed E-state index contributed by atoms with van der Waals surface area (Å²) in [7, 11) is 1.58. The Morgan fingerprint density at radius 1 is 1.03 bits per heavy atom. The van der Waals surface area contributed by atoms with Gasteiger partial charge >= 0.3 is 5.97 Å². The number of esters is 1. The van der Waals surface area contributed by atoms with Gasteiger partial charge in [0.15, 0.2) is 0 Å². The largest absolute Gasteiger partial charge is 0.496 e. The predicted molar refractivity (Wildman–Crippen MR) is 110 cm³/mol. The van der Waals surface area contributed by atoms with Gasteiger partial charge in [0.25, 0.3) is 0 Å². The number of nitrogens with one attached hydrogen (secondary N) is 1. The van der Waals surface area contributed by atoms with Crippen LogP contribution in [-0.4, -0.2) is 42.9 Å². The van der Waals surface area contributed by atoms with Gasteiger partial charge in [0.1, 0.15) is 5.75 Å². The molecular weight excluding hydrogens is 372 g/mol. The molecule has 0 aromatic heterocycles. The molecule has 0 saturated heterocycles. The molecule has 0 aliphatic carbocycles. The molecule has 0 unspecified atom stereocenters. The molecule has 2 aromatic carbocycles. The summed E-state index contributed by atoms with van der Waals surface area (Å²) in [4.78, 5) is 37.5. The molecule has 0 aliphatic heterocycles. The second-order valence-electron chi connectivity index (χ2n) is 6.35. The van der Waals surface area contributed by atoms with Crippen LogP contribution in [0.25, 0.3) is 0 Å². The Labute approximate surface area is 170 Å². The van der Waals surface area contributed by atoms with Gasteiger partial charge < -0.3 is 19.7 Å². The van der Waals surface area contributed by atoms with Crippen LogP contribution in [0, 0.1) is 0 Å². The molecule has 2 amide bonds. The average molecular weight is 398 g/mol. The number of ether oxygens (including phenoxy) is 2. The zero-order chi connectivity index (χ0) is 21.2. The molecule has 0 bridgehead atoms. The summed E-state index contributed by atoms with van der Waals surface area (Å²) in [5.41, 5.74) is 1.87. The van der Waals surface area contributed by atoms with E-state index >= 15 is 0 Å². The lowest BCUT2D eigenvalue weighted by molar-refractivity contribution is -0.129.